The van der Waals surface area contributed by atoms with Gasteiger partial charge in [-0.3, -0.25) is 0 Å². The first kappa shape index (κ1) is 29.3. The highest BCUT2D eigenvalue weighted by atomic mass is 16.4. The maximum Gasteiger partial charge on any atom is 0.243 e. The molecule has 0 unspecified atom stereocenters. The third kappa shape index (κ3) is 16.1. The number of hydrogen-bond donors (Lipinski definition) is 1. The highest BCUT2D eigenvalue weighted by Crippen LogP contribution is 1.97. The number of carboxylic acids is 2. The van der Waals surface area contributed by atoms with Gasteiger partial charge in [0, 0.05) is 12.0 Å². The first-order valence-corrected chi connectivity index (χ1v) is 11.4. The zero-order valence-electron chi connectivity index (χ0n) is 20.1. The zero-order chi connectivity index (χ0) is 24.4. The van der Waals surface area contributed by atoms with E-state index in [4.69, 9.17) is 5.73 Å². The first-order valence-electron chi connectivity index (χ1n) is 11.4. The molecule has 2 rings (SSSR count). The molecular formula is C23H41N5O4. The van der Waals surface area contributed by atoms with Gasteiger partial charge in [-0.2, -0.15) is 0 Å². The lowest BCUT2D eigenvalue weighted by Crippen LogP contribution is -2.42. The Morgan fingerprint density at radius 2 is 1.31 bits per heavy atom. The molecule has 2 aromatic rings. The molecule has 0 aliphatic carbocycles. The molecule has 0 fully saturated rings. The summed E-state index contributed by atoms with van der Waals surface area (Å²) < 4.78 is 8.61. The molecule has 182 valence electrons. The minimum absolute atomic E-state index is 0.148. The van der Waals surface area contributed by atoms with Crippen LogP contribution in [0.15, 0.2) is 37.4 Å². The number of carbonyl (C=O) groups is 2. The van der Waals surface area contributed by atoms with Crippen molar-refractivity contribution in [2.24, 2.45) is 19.8 Å². The minimum atomic E-state index is -1.44. The number of carbonyl (C=O) groups excluding carboxylic acids is 2. The number of aliphatic carboxylic acids is 2. The molecule has 0 aliphatic rings. The number of unbranched alkanes of at least 4 members (excludes halogenated alkanes) is 4. The normalized spacial score (nSPS) is 11.0. The van der Waals surface area contributed by atoms with E-state index in [2.05, 4.69) is 83.7 Å². The van der Waals surface area contributed by atoms with E-state index in [9.17, 15) is 19.8 Å². The van der Waals surface area contributed by atoms with Crippen molar-refractivity contribution >= 4 is 11.9 Å². The van der Waals surface area contributed by atoms with Crippen LogP contribution in [0.25, 0.3) is 0 Å². The van der Waals surface area contributed by atoms with Gasteiger partial charge in [0.25, 0.3) is 0 Å². The number of nitrogens with zero attached hydrogens (tertiary/aromatic N) is 4. The van der Waals surface area contributed by atoms with E-state index in [1.807, 2.05) is 0 Å². The number of aromatic nitrogens is 4. The van der Waals surface area contributed by atoms with E-state index < -0.39 is 18.0 Å². The van der Waals surface area contributed by atoms with Crippen LogP contribution in [0.3, 0.4) is 0 Å². The zero-order valence-corrected chi connectivity index (χ0v) is 20.1. The van der Waals surface area contributed by atoms with Crippen molar-refractivity contribution in [2.75, 3.05) is 0 Å². The summed E-state index contributed by atoms with van der Waals surface area (Å²) in [7, 11) is 4.10. The molecule has 32 heavy (non-hydrogen) atoms. The van der Waals surface area contributed by atoms with Gasteiger partial charge >= 0.3 is 0 Å². The summed E-state index contributed by atoms with van der Waals surface area (Å²) in [6, 6.07) is -1.21. The third-order valence-corrected chi connectivity index (χ3v) is 4.65. The topological polar surface area (TPSA) is 124 Å². The van der Waals surface area contributed by atoms with Gasteiger partial charge in [-0.25, -0.2) is 18.3 Å². The van der Waals surface area contributed by atoms with Crippen LogP contribution in [-0.4, -0.2) is 27.1 Å². The molecule has 0 aliphatic heterocycles. The van der Waals surface area contributed by atoms with Crippen LogP contribution in [0, 0.1) is 0 Å². The van der Waals surface area contributed by atoms with Gasteiger partial charge in [0.15, 0.2) is 0 Å². The van der Waals surface area contributed by atoms with Crippen molar-refractivity contribution in [1.29, 1.82) is 0 Å². The quantitative estimate of drug-likeness (QED) is 0.347. The number of carboxylic acid groups (broad SMARTS) is 2. The fourth-order valence-electron chi connectivity index (χ4n) is 2.75. The average molecular weight is 452 g/mol. The predicted octanol–water partition coefficient (Wildman–Crippen LogP) is -0.401. The summed E-state index contributed by atoms with van der Waals surface area (Å²) in [6.07, 6.45) is 20.0. The number of hydrogen-bond acceptors (Lipinski definition) is 5. The Balaban J connectivity index is 0.000000452. The minimum Gasteiger partial charge on any atom is -0.550 e. The molecule has 0 spiro atoms. The second-order valence-electron chi connectivity index (χ2n) is 7.88. The van der Waals surface area contributed by atoms with E-state index in [1.165, 1.54) is 38.5 Å². The summed E-state index contributed by atoms with van der Waals surface area (Å²) in [6.45, 7) is 6.79. The van der Waals surface area contributed by atoms with E-state index in [0.717, 1.165) is 13.1 Å². The van der Waals surface area contributed by atoms with Crippen molar-refractivity contribution in [2.45, 2.75) is 84.3 Å². The molecule has 0 saturated heterocycles. The Morgan fingerprint density at radius 1 is 0.875 bits per heavy atom. The summed E-state index contributed by atoms with van der Waals surface area (Å²) >= 11 is 0. The highest BCUT2D eigenvalue weighted by Gasteiger charge is 2.01. The van der Waals surface area contributed by atoms with Gasteiger partial charge < -0.3 is 25.5 Å². The largest absolute Gasteiger partial charge is 0.550 e. The Morgan fingerprint density at radius 3 is 1.59 bits per heavy atom. The van der Waals surface area contributed by atoms with Gasteiger partial charge in [0.1, 0.15) is 24.8 Å². The first-order chi connectivity index (χ1) is 15.2. The van der Waals surface area contributed by atoms with Crippen LogP contribution >= 0.6 is 0 Å². The second kappa shape index (κ2) is 17.9. The molecule has 0 amide bonds. The Hall–Kier alpha value is -2.68. The molecule has 0 saturated carbocycles. The van der Waals surface area contributed by atoms with Crippen LogP contribution in [0.2, 0.25) is 0 Å². The van der Waals surface area contributed by atoms with Crippen molar-refractivity contribution < 1.29 is 28.9 Å². The number of aryl methyl sites for hydroxylation is 4. The van der Waals surface area contributed by atoms with Gasteiger partial charge in [0.05, 0.1) is 33.2 Å². The van der Waals surface area contributed by atoms with E-state index in [-0.39, 0.29) is 12.8 Å². The standard InChI is InChI=1S/2C9H17N2.C5H9NO4/c2*1-3-4-5-6-11-8-7-10(2)9-11;6-3(5(9)10)1-2-4(7)8/h2*7-9H,3-6H2,1-2H3;3H,1-2,6H2,(H,7,8)(H,9,10)/q2*+1;/p-2/t;;3-/m..0/s1. The van der Waals surface area contributed by atoms with Gasteiger partial charge in [0.2, 0.25) is 12.7 Å². The van der Waals surface area contributed by atoms with Crippen LogP contribution in [0.4, 0.5) is 0 Å². The Bertz CT molecular complexity index is 711. The fraction of sp³-hybridized carbons (Fsp3) is 0.652. The lowest BCUT2D eigenvalue weighted by molar-refractivity contribution is -0.671. The maximum atomic E-state index is 9.86. The van der Waals surface area contributed by atoms with E-state index in [1.54, 1.807) is 0 Å². The van der Waals surface area contributed by atoms with Gasteiger partial charge in [-0.05, 0) is 38.5 Å². The van der Waals surface area contributed by atoms with Crippen molar-refractivity contribution in [3.8, 4) is 0 Å². The molecule has 0 radical (unpaired) electrons. The molecule has 2 aromatic heterocycles. The van der Waals surface area contributed by atoms with Crippen LogP contribution in [0.1, 0.15) is 65.2 Å². The molecule has 0 aromatic carbocycles. The lowest BCUT2D eigenvalue weighted by atomic mass is 10.2. The van der Waals surface area contributed by atoms with E-state index >= 15 is 0 Å². The van der Waals surface area contributed by atoms with E-state index in [0.29, 0.717) is 0 Å². The predicted molar refractivity (Wildman–Crippen MR) is 117 cm³/mol. The third-order valence-electron chi connectivity index (χ3n) is 4.65. The Labute approximate surface area is 192 Å². The Kier molecular flexibility index (Phi) is 16.4. The van der Waals surface area contributed by atoms with Gasteiger partial charge in [-0.1, -0.05) is 26.7 Å². The lowest BCUT2D eigenvalue weighted by Gasteiger charge is -2.11. The maximum absolute atomic E-state index is 9.86. The molecule has 9 heteroatoms. The molecule has 1 atom stereocenters. The smallest absolute Gasteiger partial charge is 0.243 e. The monoisotopic (exact) mass is 451 g/mol. The van der Waals surface area contributed by atoms with Crippen LogP contribution in [0.5, 0.6) is 0 Å². The molecule has 0 bridgehead atoms. The van der Waals surface area contributed by atoms with Crippen molar-refractivity contribution in [3.05, 3.63) is 37.4 Å². The fourth-order valence-corrected chi connectivity index (χ4v) is 2.75. The number of nitrogens with two attached hydrogens (primary N) is 1. The summed E-state index contributed by atoms with van der Waals surface area (Å²) in [4.78, 5) is 19.6. The highest BCUT2D eigenvalue weighted by molar-refractivity contribution is 5.72. The average Bonchev–Trinajstić information content (AvgIpc) is 3.35. The molecule has 2 heterocycles. The van der Waals surface area contributed by atoms with Crippen LogP contribution in [-0.2, 0) is 36.8 Å². The second-order valence-corrected chi connectivity index (χ2v) is 7.88. The van der Waals surface area contributed by atoms with Crippen molar-refractivity contribution in [1.82, 2.24) is 9.13 Å². The number of rotatable bonds is 12. The molecule has 9 nitrogen and oxygen atoms in total. The molecular weight excluding hydrogens is 410 g/mol. The van der Waals surface area contributed by atoms with Crippen molar-refractivity contribution in [3.63, 3.8) is 0 Å². The molecule has 2 N–H and O–H groups in total. The SMILES string of the molecule is CCCCCn1cc[n+](C)c1.CCCCCn1cc[n+](C)c1.N[C@@H](CCC(=O)[O-])C(=O)[O-]. The summed E-state index contributed by atoms with van der Waals surface area (Å²) in [5.74, 6) is -2.75. The van der Waals surface area contributed by atoms with Gasteiger partial charge in [-0.15, -0.1) is 0 Å². The number of imidazole rings is 2. The van der Waals surface area contributed by atoms with Crippen LogP contribution < -0.4 is 25.1 Å². The summed E-state index contributed by atoms with van der Waals surface area (Å²) in [5.41, 5.74) is 4.91. The summed E-state index contributed by atoms with van der Waals surface area (Å²) in [5, 5.41) is 19.6.